The molecule has 0 bridgehead atoms. The van der Waals surface area contributed by atoms with Gasteiger partial charge in [-0.05, 0) is 109 Å². The van der Waals surface area contributed by atoms with Crippen molar-refractivity contribution >= 4 is 17.3 Å². The molecule has 3 aromatic rings. The Bertz CT molecular complexity index is 1090. The summed E-state index contributed by atoms with van der Waals surface area (Å²) in [7, 11) is 0. The molecule has 2 aliphatic carbocycles. The summed E-state index contributed by atoms with van der Waals surface area (Å²) in [5, 5.41) is 9.06. The Kier molecular flexibility index (Phi) is 6.68. The third-order valence-electron chi connectivity index (χ3n) is 6.70. The molecule has 1 heterocycles. The number of rotatable bonds is 9. The second kappa shape index (κ2) is 10.0. The summed E-state index contributed by atoms with van der Waals surface area (Å²) in [6.07, 6.45) is 7.96. The summed E-state index contributed by atoms with van der Waals surface area (Å²) in [5.41, 5.74) is 5.21. The average Bonchev–Trinajstić information content (AvgIpc) is 3.43. The maximum Gasteiger partial charge on any atom is 0.303 e. The molecule has 5 rings (SSSR count). The fourth-order valence-electron chi connectivity index (χ4n) is 4.98. The zero-order valence-corrected chi connectivity index (χ0v) is 19.7. The number of benzene rings is 2. The fraction of sp³-hybridized carbons (Fsp3) is 0.393. The molecule has 0 radical (unpaired) electrons. The van der Waals surface area contributed by atoms with Crippen molar-refractivity contribution in [2.24, 2.45) is 0 Å². The molecular weight excluding hydrogens is 432 g/mol. The molecule has 2 aromatic carbocycles. The van der Waals surface area contributed by atoms with Crippen LogP contribution >= 0.6 is 11.3 Å². The van der Waals surface area contributed by atoms with E-state index in [9.17, 15) is 4.79 Å². The first kappa shape index (κ1) is 22.0. The van der Waals surface area contributed by atoms with Gasteiger partial charge in [0.2, 0.25) is 0 Å². The summed E-state index contributed by atoms with van der Waals surface area (Å²) < 4.78 is 11.8. The predicted molar refractivity (Wildman–Crippen MR) is 132 cm³/mol. The molecule has 0 aliphatic heterocycles. The lowest BCUT2D eigenvalue weighted by Gasteiger charge is -2.11. The third-order valence-corrected chi connectivity index (χ3v) is 7.99. The van der Waals surface area contributed by atoms with Gasteiger partial charge in [-0.3, -0.25) is 4.79 Å². The Morgan fingerprint density at radius 3 is 2.45 bits per heavy atom. The molecular formula is C28H30O4S. The molecule has 0 spiro atoms. The minimum absolute atomic E-state index is 0.136. The molecule has 172 valence electrons. The molecule has 1 N–H and O–H groups in total. The minimum Gasteiger partial charge on any atom is -0.493 e. The first-order valence-electron chi connectivity index (χ1n) is 12.0. The van der Waals surface area contributed by atoms with Gasteiger partial charge in [0, 0.05) is 16.2 Å². The predicted octanol–water partition coefficient (Wildman–Crippen LogP) is 6.65. The van der Waals surface area contributed by atoms with Crippen molar-refractivity contribution in [3.63, 3.8) is 0 Å². The van der Waals surface area contributed by atoms with E-state index in [1.54, 1.807) is 10.4 Å². The van der Waals surface area contributed by atoms with Crippen LogP contribution < -0.4 is 9.47 Å². The van der Waals surface area contributed by atoms with Crippen LogP contribution in [-0.2, 0) is 24.1 Å². The normalized spacial score (nSPS) is 16.8. The number of carbonyl (C=O) groups is 1. The van der Waals surface area contributed by atoms with Gasteiger partial charge >= 0.3 is 5.97 Å². The number of hydrogen-bond acceptors (Lipinski definition) is 4. The number of thiophene rings is 1. The summed E-state index contributed by atoms with van der Waals surface area (Å²) >= 11 is 1.94. The lowest BCUT2D eigenvalue weighted by molar-refractivity contribution is -0.137. The number of carboxylic acid groups (broad SMARTS) is 1. The summed E-state index contributed by atoms with van der Waals surface area (Å²) in [4.78, 5) is 14.0. The van der Waals surface area contributed by atoms with Crippen molar-refractivity contribution in [2.75, 3.05) is 13.2 Å². The van der Waals surface area contributed by atoms with Crippen LogP contribution in [-0.4, -0.2) is 24.3 Å². The van der Waals surface area contributed by atoms with Gasteiger partial charge in [0.1, 0.15) is 11.5 Å². The van der Waals surface area contributed by atoms with Gasteiger partial charge in [-0.2, -0.15) is 0 Å². The number of fused-ring (bicyclic) bond motifs is 2. The van der Waals surface area contributed by atoms with E-state index in [2.05, 4.69) is 36.4 Å². The molecule has 1 aromatic heterocycles. The molecule has 0 unspecified atom stereocenters. The highest BCUT2D eigenvalue weighted by Crippen LogP contribution is 2.38. The fourth-order valence-corrected chi connectivity index (χ4v) is 6.24. The average molecular weight is 463 g/mol. The van der Waals surface area contributed by atoms with Crippen molar-refractivity contribution in [1.29, 1.82) is 0 Å². The highest BCUT2D eigenvalue weighted by molar-refractivity contribution is 7.15. The van der Waals surface area contributed by atoms with E-state index in [1.165, 1.54) is 47.3 Å². The Morgan fingerprint density at radius 2 is 1.67 bits per heavy atom. The van der Waals surface area contributed by atoms with Crippen LogP contribution in [0.2, 0.25) is 0 Å². The second-order valence-electron chi connectivity index (χ2n) is 9.04. The first-order valence-corrected chi connectivity index (χ1v) is 12.8. The number of hydrogen-bond donors (Lipinski definition) is 1. The largest absolute Gasteiger partial charge is 0.493 e. The third kappa shape index (κ3) is 5.25. The quantitative estimate of drug-likeness (QED) is 0.362. The SMILES string of the molecule is O=C(O)C[C@@H]1CCc2cc(OCCCOc3ccc(-c4cc5c(s4)CCCC5)cc3)ccc21. The Labute approximate surface area is 199 Å². The topological polar surface area (TPSA) is 55.8 Å². The molecule has 0 fully saturated rings. The number of carboxylic acids is 1. The van der Waals surface area contributed by atoms with Gasteiger partial charge in [-0.25, -0.2) is 0 Å². The van der Waals surface area contributed by atoms with E-state index in [4.69, 9.17) is 14.6 Å². The van der Waals surface area contributed by atoms with Crippen LogP contribution in [0.15, 0.2) is 48.5 Å². The number of aryl methyl sites for hydroxylation is 3. The monoisotopic (exact) mass is 462 g/mol. The van der Waals surface area contributed by atoms with Gasteiger partial charge in [0.25, 0.3) is 0 Å². The Balaban J connectivity index is 1.07. The molecule has 2 aliphatic rings. The maximum atomic E-state index is 11.0. The van der Waals surface area contributed by atoms with E-state index in [1.807, 2.05) is 23.5 Å². The summed E-state index contributed by atoms with van der Waals surface area (Å²) in [5.74, 6) is 1.15. The van der Waals surface area contributed by atoms with Gasteiger partial charge in [-0.1, -0.05) is 6.07 Å². The van der Waals surface area contributed by atoms with E-state index in [0.29, 0.717) is 13.2 Å². The molecule has 0 amide bonds. The van der Waals surface area contributed by atoms with E-state index >= 15 is 0 Å². The van der Waals surface area contributed by atoms with Gasteiger partial charge in [0.15, 0.2) is 0 Å². The van der Waals surface area contributed by atoms with Crippen molar-refractivity contribution in [3.8, 4) is 21.9 Å². The molecule has 5 heteroatoms. The van der Waals surface area contributed by atoms with E-state index in [0.717, 1.165) is 30.8 Å². The number of aliphatic carboxylic acids is 1. The Morgan fingerprint density at radius 1 is 0.909 bits per heavy atom. The van der Waals surface area contributed by atoms with Crippen molar-refractivity contribution in [2.45, 2.75) is 57.3 Å². The van der Waals surface area contributed by atoms with Crippen LogP contribution in [0, 0.1) is 0 Å². The van der Waals surface area contributed by atoms with Crippen LogP contribution in [0.1, 0.15) is 59.6 Å². The van der Waals surface area contributed by atoms with Crippen molar-refractivity contribution in [1.82, 2.24) is 0 Å². The summed E-state index contributed by atoms with van der Waals surface area (Å²) in [6.45, 7) is 1.20. The van der Waals surface area contributed by atoms with Crippen LogP contribution in [0.25, 0.3) is 10.4 Å². The highest BCUT2D eigenvalue weighted by Gasteiger charge is 2.24. The van der Waals surface area contributed by atoms with E-state index in [-0.39, 0.29) is 12.3 Å². The van der Waals surface area contributed by atoms with Crippen molar-refractivity contribution in [3.05, 3.63) is 70.1 Å². The van der Waals surface area contributed by atoms with Crippen molar-refractivity contribution < 1.29 is 19.4 Å². The minimum atomic E-state index is -0.729. The number of ether oxygens (including phenoxy) is 2. The smallest absolute Gasteiger partial charge is 0.303 e. The summed E-state index contributed by atoms with van der Waals surface area (Å²) in [6, 6.07) is 16.9. The second-order valence-corrected chi connectivity index (χ2v) is 10.2. The zero-order chi connectivity index (χ0) is 22.6. The molecule has 0 saturated carbocycles. The van der Waals surface area contributed by atoms with Gasteiger partial charge in [-0.15, -0.1) is 11.3 Å². The highest BCUT2D eigenvalue weighted by atomic mass is 32.1. The lowest BCUT2D eigenvalue weighted by Crippen LogP contribution is -2.05. The van der Waals surface area contributed by atoms with Crippen LogP contribution in [0.5, 0.6) is 11.5 Å². The molecule has 1 atom stereocenters. The van der Waals surface area contributed by atoms with Gasteiger partial charge < -0.3 is 14.6 Å². The van der Waals surface area contributed by atoms with Crippen LogP contribution in [0.4, 0.5) is 0 Å². The van der Waals surface area contributed by atoms with Crippen LogP contribution in [0.3, 0.4) is 0 Å². The molecule has 33 heavy (non-hydrogen) atoms. The van der Waals surface area contributed by atoms with E-state index < -0.39 is 5.97 Å². The maximum absolute atomic E-state index is 11.0. The zero-order valence-electron chi connectivity index (χ0n) is 18.8. The first-order chi connectivity index (χ1) is 16.2. The Hall–Kier alpha value is -2.79. The van der Waals surface area contributed by atoms with Gasteiger partial charge in [0.05, 0.1) is 19.6 Å². The molecule has 0 saturated heterocycles. The molecule has 4 nitrogen and oxygen atoms in total. The standard InChI is InChI=1S/C28H30O4S/c29-28(30)18-21-7-6-20-16-24(12-13-25(20)21)32-15-3-14-31-23-10-8-19(9-11-23)27-17-22-4-1-2-5-26(22)33-27/h8-13,16-17,21H,1-7,14-15,18H2,(H,29,30)/t21-/m0/s1. The lowest BCUT2D eigenvalue weighted by atomic mass is 9.98.